The van der Waals surface area contributed by atoms with Gasteiger partial charge in [0.2, 0.25) is 5.91 Å². The van der Waals surface area contributed by atoms with E-state index in [-0.39, 0.29) is 12.5 Å². The van der Waals surface area contributed by atoms with Crippen molar-refractivity contribution in [2.75, 3.05) is 24.6 Å². The molecule has 1 aromatic rings. The number of hydrogen-bond acceptors (Lipinski definition) is 4. The molecule has 0 aromatic heterocycles. The Bertz CT molecular complexity index is 608. The average Bonchev–Trinajstić information content (AvgIpc) is 2.60. The van der Waals surface area contributed by atoms with Gasteiger partial charge in [-0.05, 0) is 55.7 Å². The SMILES string of the molecule is N#CC1(C(=O)NCc2ccc(N3CCC(CO)CC3)cc2)CCC1. The van der Waals surface area contributed by atoms with Crippen LogP contribution in [0.15, 0.2) is 24.3 Å². The van der Waals surface area contributed by atoms with Gasteiger partial charge in [0, 0.05) is 31.9 Å². The van der Waals surface area contributed by atoms with Crippen LogP contribution in [0.2, 0.25) is 0 Å². The Morgan fingerprint density at radius 2 is 1.96 bits per heavy atom. The molecule has 0 atom stereocenters. The number of aliphatic hydroxyl groups is 1. The number of nitrogens with zero attached hydrogens (tertiary/aromatic N) is 2. The summed E-state index contributed by atoms with van der Waals surface area (Å²) in [5, 5.41) is 21.3. The van der Waals surface area contributed by atoms with Gasteiger partial charge in [0.1, 0.15) is 5.41 Å². The summed E-state index contributed by atoms with van der Waals surface area (Å²) in [4.78, 5) is 14.5. The fourth-order valence-corrected chi connectivity index (χ4v) is 3.47. The van der Waals surface area contributed by atoms with Gasteiger partial charge in [0.25, 0.3) is 0 Å². The molecule has 3 rings (SSSR count). The van der Waals surface area contributed by atoms with Crippen molar-refractivity contribution in [2.24, 2.45) is 11.3 Å². The van der Waals surface area contributed by atoms with Gasteiger partial charge < -0.3 is 15.3 Å². The molecule has 1 aromatic carbocycles. The Kier molecular flexibility index (Phi) is 5.06. The minimum atomic E-state index is -0.781. The number of carbonyl (C=O) groups excluding carboxylic acids is 1. The first-order valence-electron chi connectivity index (χ1n) is 8.81. The van der Waals surface area contributed by atoms with Crippen LogP contribution in [0, 0.1) is 22.7 Å². The Morgan fingerprint density at radius 1 is 1.29 bits per heavy atom. The highest BCUT2D eigenvalue weighted by atomic mass is 16.3. The molecule has 0 radical (unpaired) electrons. The van der Waals surface area contributed by atoms with Crippen molar-refractivity contribution >= 4 is 11.6 Å². The number of anilines is 1. The summed E-state index contributed by atoms with van der Waals surface area (Å²) < 4.78 is 0. The molecule has 5 heteroatoms. The number of piperidine rings is 1. The molecule has 0 unspecified atom stereocenters. The predicted octanol–water partition coefficient (Wildman–Crippen LogP) is 2.21. The lowest BCUT2D eigenvalue weighted by Crippen LogP contribution is -2.44. The molecule has 2 N–H and O–H groups in total. The highest BCUT2D eigenvalue weighted by molar-refractivity contribution is 5.86. The van der Waals surface area contributed by atoms with Crippen molar-refractivity contribution in [1.82, 2.24) is 5.32 Å². The summed E-state index contributed by atoms with van der Waals surface area (Å²) in [5.74, 6) is 0.307. The topological polar surface area (TPSA) is 76.4 Å². The van der Waals surface area contributed by atoms with Crippen molar-refractivity contribution in [3.05, 3.63) is 29.8 Å². The van der Waals surface area contributed by atoms with Gasteiger partial charge in [-0.1, -0.05) is 12.1 Å². The molecule has 1 aliphatic heterocycles. The number of nitriles is 1. The Morgan fingerprint density at radius 3 is 2.46 bits per heavy atom. The van der Waals surface area contributed by atoms with Crippen LogP contribution in [-0.4, -0.2) is 30.7 Å². The van der Waals surface area contributed by atoms with Crippen molar-refractivity contribution in [3.8, 4) is 6.07 Å². The quantitative estimate of drug-likeness (QED) is 0.869. The third-order valence-corrected chi connectivity index (χ3v) is 5.48. The lowest BCUT2D eigenvalue weighted by atomic mass is 9.69. The van der Waals surface area contributed by atoms with E-state index in [1.54, 1.807) is 0 Å². The van der Waals surface area contributed by atoms with E-state index >= 15 is 0 Å². The van der Waals surface area contributed by atoms with E-state index in [2.05, 4.69) is 28.4 Å². The van der Waals surface area contributed by atoms with Gasteiger partial charge in [0.15, 0.2) is 0 Å². The van der Waals surface area contributed by atoms with Crippen molar-refractivity contribution in [1.29, 1.82) is 5.26 Å². The van der Waals surface area contributed by atoms with E-state index in [0.29, 0.717) is 25.3 Å². The van der Waals surface area contributed by atoms with Crippen LogP contribution in [-0.2, 0) is 11.3 Å². The molecule has 0 spiro atoms. The number of rotatable bonds is 5. The van der Waals surface area contributed by atoms with Gasteiger partial charge in [-0.25, -0.2) is 0 Å². The maximum Gasteiger partial charge on any atom is 0.240 e. The predicted molar refractivity (Wildman–Crippen MR) is 92.2 cm³/mol. The van der Waals surface area contributed by atoms with Crippen LogP contribution in [0.5, 0.6) is 0 Å². The van der Waals surface area contributed by atoms with E-state index in [0.717, 1.165) is 37.9 Å². The number of hydrogen-bond donors (Lipinski definition) is 2. The second kappa shape index (κ2) is 7.23. The van der Waals surface area contributed by atoms with Crippen LogP contribution >= 0.6 is 0 Å². The van der Waals surface area contributed by atoms with E-state index < -0.39 is 5.41 Å². The van der Waals surface area contributed by atoms with Gasteiger partial charge in [-0.15, -0.1) is 0 Å². The highest BCUT2D eigenvalue weighted by Gasteiger charge is 2.44. The number of amides is 1. The zero-order valence-corrected chi connectivity index (χ0v) is 14.0. The standard InChI is InChI=1S/C19H25N3O2/c20-14-19(8-1-9-19)18(24)21-12-15-2-4-17(5-3-15)22-10-6-16(13-23)7-11-22/h2-5,16,23H,1,6-13H2,(H,21,24). The fraction of sp³-hybridized carbons (Fsp3) is 0.579. The zero-order chi connectivity index (χ0) is 17.0. The van der Waals surface area contributed by atoms with Crippen LogP contribution in [0.25, 0.3) is 0 Å². The number of aliphatic hydroxyl groups excluding tert-OH is 1. The minimum Gasteiger partial charge on any atom is -0.396 e. The Balaban J connectivity index is 1.52. The molecule has 1 saturated heterocycles. The highest BCUT2D eigenvalue weighted by Crippen LogP contribution is 2.40. The number of benzene rings is 1. The smallest absolute Gasteiger partial charge is 0.240 e. The van der Waals surface area contributed by atoms with E-state index in [9.17, 15) is 15.2 Å². The Labute approximate surface area is 143 Å². The number of nitrogens with one attached hydrogen (secondary N) is 1. The molecular formula is C19H25N3O2. The summed E-state index contributed by atoms with van der Waals surface area (Å²) in [7, 11) is 0. The average molecular weight is 327 g/mol. The molecule has 2 aliphatic rings. The zero-order valence-electron chi connectivity index (χ0n) is 14.0. The summed E-state index contributed by atoms with van der Waals surface area (Å²) in [6.45, 7) is 2.71. The monoisotopic (exact) mass is 327 g/mol. The maximum atomic E-state index is 12.2. The summed E-state index contributed by atoms with van der Waals surface area (Å²) >= 11 is 0. The molecule has 0 bridgehead atoms. The molecule has 2 fully saturated rings. The van der Waals surface area contributed by atoms with Crippen molar-refractivity contribution in [3.63, 3.8) is 0 Å². The second-order valence-corrected chi connectivity index (χ2v) is 7.01. The summed E-state index contributed by atoms with van der Waals surface area (Å²) in [6.07, 6.45) is 4.38. The third-order valence-electron chi connectivity index (χ3n) is 5.48. The van der Waals surface area contributed by atoms with Crippen LogP contribution in [0.1, 0.15) is 37.7 Å². The number of carbonyl (C=O) groups is 1. The molecule has 1 saturated carbocycles. The molecular weight excluding hydrogens is 302 g/mol. The van der Waals surface area contributed by atoms with E-state index in [4.69, 9.17) is 0 Å². The van der Waals surface area contributed by atoms with Gasteiger partial charge in [-0.3, -0.25) is 4.79 Å². The molecule has 128 valence electrons. The summed E-state index contributed by atoms with van der Waals surface area (Å²) in [5.41, 5.74) is 1.45. The lowest BCUT2D eigenvalue weighted by molar-refractivity contribution is -0.131. The third kappa shape index (κ3) is 3.39. The van der Waals surface area contributed by atoms with Gasteiger partial charge in [-0.2, -0.15) is 5.26 Å². The first-order chi connectivity index (χ1) is 11.7. The van der Waals surface area contributed by atoms with Crippen molar-refractivity contribution < 1.29 is 9.90 Å². The Hall–Kier alpha value is -2.06. The first-order valence-corrected chi connectivity index (χ1v) is 8.81. The minimum absolute atomic E-state index is 0.133. The van der Waals surface area contributed by atoms with Crippen LogP contribution in [0.3, 0.4) is 0 Å². The first kappa shape index (κ1) is 16.8. The second-order valence-electron chi connectivity index (χ2n) is 7.01. The molecule has 1 aliphatic carbocycles. The van der Waals surface area contributed by atoms with Crippen LogP contribution < -0.4 is 10.2 Å². The van der Waals surface area contributed by atoms with Gasteiger partial charge in [0.05, 0.1) is 6.07 Å². The lowest BCUT2D eigenvalue weighted by Gasteiger charge is -2.33. The van der Waals surface area contributed by atoms with Crippen molar-refractivity contribution in [2.45, 2.75) is 38.6 Å². The fourth-order valence-electron chi connectivity index (χ4n) is 3.47. The normalized spacial score (nSPS) is 20.1. The molecule has 1 amide bonds. The van der Waals surface area contributed by atoms with Crippen LogP contribution in [0.4, 0.5) is 5.69 Å². The molecule has 1 heterocycles. The van der Waals surface area contributed by atoms with Gasteiger partial charge >= 0.3 is 0 Å². The largest absolute Gasteiger partial charge is 0.396 e. The molecule has 5 nitrogen and oxygen atoms in total. The summed E-state index contributed by atoms with van der Waals surface area (Å²) in [6, 6.07) is 10.4. The van der Waals surface area contributed by atoms with E-state index in [1.807, 2.05) is 12.1 Å². The van der Waals surface area contributed by atoms with E-state index in [1.165, 1.54) is 5.69 Å². The molecule has 24 heavy (non-hydrogen) atoms. The maximum absolute atomic E-state index is 12.2.